The van der Waals surface area contributed by atoms with Gasteiger partial charge < -0.3 is 15.0 Å². The summed E-state index contributed by atoms with van der Waals surface area (Å²) in [6.07, 6.45) is 1.91. The molecule has 1 aliphatic rings. The van der Waals surface area contributed by atoms with E-state index >= 15 is 0 Å². The molecule has 1 saturated heterocycles. The third kappa shape index (κ3) is 4.90. The number of nitrogens with two attached hydrogens (primary N) is 1. The number of amides is 1. The van der Waals surface area contributed by atoms with Crippen LogP contribution in [0.15, 0.2) is 28.8 Å². The van der Waals surface area contributed by atoms with Gasteiger partial charge >= 0.3 is 0 Å². The number of benzene rings is 1. The highest BCUT2D eigenvalue weighted by molar-refractivity contribution is 7.88. The third-order valence-corrected chi connectivity index (χ3v) is 5.59. The van der Waals surface area contributed by atoms with Crippen LogP contribution in [0.1, 0.15) is 46.6 Å². The molecular weight excluding hydrogens is 372 g/mol. The Labute approximate surface area is 157 Å². The highest BCUT2D eigenvalue weighted by Crippen LogP contribution is 2.32. The molecule has 0 unspecified atom stereocenters. The summed E-state index contributed by atoms with van der Waals surface area (Å²) in [4.78, 5) is 15.5. The van der Waals surface area contributed by atoms with Gasteiger partial charge in [0.15, 0.2) is 5.82 Å². The third-order valence-electron chi connectivity index (χ3n) is 4.37. The number of ether oxygens (including phenoxy) is 1. The predicted molar refractivity (Wildman–Crippen MR) is 96.1 cm³/mol. The fraction of sp³-hybridized carbons (Fsp3) is 0.471. The van der Waals surface area contributed by atoms with Gasteiger partial charge in [0.25, 0.3) is 5.89 Å². The maximum Gasteiger partial charge on any atom is 0.255 e. The van der Waals surface area contributed by atoms with E-state index in [-0.39, 0.29) is 25.3 Å². The van der Waals surface area contributed by atoms with Crippen molar-refractivity contribution in [3.8, 4) is 0 Å². The molecule has 146 valence electrons. The van der Waals surface area contributed by atoms with Crippen molar-refractivity contribution in [2.45, 2.75) is 38.5 Å². The van der Waals surface area contributed by atoms with Crippen LogP contribution in [0.25, 0.3) is 0 Å². The SMILES string of the molecule is Cc1noc([C@@H]2CC[C@H](CN(Cc3cccc(C(N)=O)c3)S(C)(=O)=O)O2)n1. The maximum absolute atomic E-state index is 12.2. The van der Waals surface area contributed by atoms with Crippen LogP contribution < -0.4 is 5.73 Å². The second-order valence-electron chi connectivity index (χ2n) is 6.62. The minimum absolute atomic E-state index is 0.129. The summed E-state index contributed by atoms with van der Waals surface area (Å²) >= 11 is 0. The minimum atomic E-state index is -3.48. The topological polar surface area (TPSA) is 129 Å². The van der Waals surface area contributed by atoms with Crippen LogP contribution in [0.5, 0.6) is 0 Å². The lowest BCUT2D eigenvalue weighted by atomic mass is 10.1. The molecular formula is C17H22N4O5S. The summed E-state index contributed by atoms with van der Waals surface area (Å²) in [6.45, 7) is 2.05. The van der Waals surface area contributed by atoms with Crippen molar-refractivity contribution in [3.05, 3.63) is 47.1 Å². The van der Waals surface area contributed by atoms with Crippen LogP contribution in [0, 0.1) is 6.92 Å². The van der Waals surface area contributed by atoms with Crippen LogP contribution in [0.2, 0.25) is 0 Å². The number of rotatable bonds is 7. The van der Waals surface area contributed by atoms with Crippen molar-refractivity contribution in [1.82, 2.24) is 14.4 Å². The molecule has 10 heteroatoms. The molecule has 3 rings (SSSR count). The lowest BCUT2D eigenvalue weighted by Crippen LogP contribution is -2.36. The van der Waals surface area contributed by atoms with E-state index in [9.17, 15) is 13.2 Å². The average Bonchev–Trinajstić information content (AvgIpc) is 3.22. The quantitative estimate of drug-likeness (QED) is 0.746. The van der Waals surface area contributed by atoms with E-state index in [1.807, 2.05) is 0 Å². The van der Waals surface area contributed by atoms with Gasteiger partial charge in [0.05, 0.1) is 12.4 Å². The van der Waals surface area contributed by atoms with Crippen LogP contribution in [-0.4, -0.2) is 47.7 Å². The van der Waals surface area contributed by atoms with E-state index in [1.165, 1.54) is 4.31 Å². The summed E-state index contributed by atoms with van der Waals surface area (Å²) in [5.41, 5.74) is 6.31. The molecule has 1 amide bonds. The van der Waals surface area contributed by atoms with E-state index in [0.717, 1.165) is 6.26 Å². The van der Waals surface area contributed by atoms with Gasteiger partial charge in [-0.15, -0.1) is 0 Å². The lowest BCUT2D eigenvalue weighted by Gasteiger charge is -2.23. The van der Waals surface area contributed by atoms with E-state index in [4.69, 9.17) is 15.0 Å². The standard InChI is InChI=1S/C17H22N4O5S/c1-11-19-17(26-20-11)15-7-6-14(25-15)10-21(27(2,23)24)9-12-4-3-5-13(8-12)16(18)22/h3-5,8,14-15H,6-7,9-10H2,1-2H3,(H2,18,22)/t14-,15+/m1/s1. The Bertz CT molecular complexity index is 927. The lowest BCUT2D eigenvalue weighted by molar-refractivity contribution is 0.0172. The van der Waals surface area contributed by atoms with Gasteiger partial charge in [0.2, 0.25) is 15.9 Å². The molecule has 0 radical (unpaired) electrons. The maximum atomic E-state index is 12.2. The number of primary amides is 1. The van der Waals surface area contributed by atoms with Crippen LogP contribution in [-0.2, 0) is 21.3 Å². The first-order chi connectivity index (χ1) is 12.7. The molecule has 2 N–H and O–H groups in total. The molecule has 1 fully saturated rings. The van der Waals surface area contributed by atoms with E-state index < -0.39 is 15.9 Å². The summed E-state index contributed by atoms with van der Waals surface area (Å²) in [5.74, 6) is 0.388. The number of nitrogens with zero attached hydrogens (tertiary/aromatic N) is 3. The van der Waals surface area contributed by atoms with Crippen molar-refractivity contribution in [1.29, 1.82) is 0 Å². The van der Waals surface area contributed by atoms with Gasteiger partial charge in [-0.1, -0.05) is 17.3 Å². The largest absolute Gasteiger partial charge is 0.366 e. The smallest absolute Gasteiger partial charge is 0.255 e. The Kier molecular flexibility index (Phi) is 5.59. The Morgan fingerprint density at radius 3 is 2.78 bits per heavy atom. The predicted octanol–water partition coefficient (Wildman–Crippen LogP) is 1.16. The molecule has 0 spiro atoms. The number of aromatic nitrogens is 2. The van der Waals surface area contributed by atoms with Gasteiger partial charge in [-0.05, 0) is 37.5 Å². The Morgan fingerprint density at radius 1 is 1.37 bits per heavy atom. The summed E-state index contributed by atoms with van der Waals surface area (Å²) < 4.78 is 36.9. The number of carbonyl (C=O) groups excluding carboxylic acids is 1. The van der Waals surface area contributed by atoms with Crippen LogP contribution in [0.3, 0.4) is 0 Å². The number of hydrogen-bond donors (Lipinski definition) is 1. The molecule has 0 aliphatic carbocycles. The van der Waals surface area contributed by atoms with Gasteiger partial charge in [-0.25, -0.2) is 8.42 Å². The van der Waals surface area contributed by atoms with E-state index in [0.29, 0.717) is 35.7 Å². The Hall–Kier alpha value is -2.30. The average molecular weight is 394 g/mol. The molecule has 2 atom stereocenters. The van der Waals surface area contributed by atoms with E-state index in [1.54, 1.807) is 31.2 Å². The number of carbonyl (C=O) groups is 1. The van der Waals surface area contributed by atoms with Crippen LogP contribution in [0.4, 0.5) is 0 Å². The van der Waals surface area contributed by atoms with Gasteiger partial charge in [0, 0.05) is 18.7 Å². The first kappa shape index (κ1) is 19.5. The van der Waals surface area contributed by atoms with Crippen molar-refractivity contribution >= 4 is 15.9 Å². The second-order valence-corrected chi connectivity index (χ2v) is 8.61. The molecule has 0 bridgehead atoms. The summed E-state index contributed by atoms with van der Waals surface area (Å²) in [6, 6.07) is 6.62. The normalized spacial score (nSPS) is 20.3. The Morgan fingerprint density at radius 2 is 2.15 bits per heavy atom. The molecule has 1 aliphatic heterocycles. The molecule has 0 saturated carbocycles. The Balaban J connectivity index is 1.69. The van der Waals surface area contributed by atoms with Crippen molar-refractivity contribution in [2.24, 2.45) is 5.73 Å². The van der Waals surface area contributed by atoms with Crippen molar-refractivity contribution < 1.29 is 22.5 Å². The van der Waals surface area contributed by atoms with Gasteiger partial charge in [-0.3, -0.25) is 4.79 Å². The molecule has 2 aromatic rings. The van der Waals surface area contributed by atoms with E-state index in [2.05, 4.69) is 10.1 Å². The highest BCUT2D eigenvalue weighted by Gasteiger charge is 2.33. The van der Waals surface area contributed by atoms with Gasteiger partial charge in [0.1, 0.15) is 6.10 Å². The molecule has 1 aromatic heterocycles. The first-order valence-electron chi connectivity index (χ1n) is 8.52. The van der Waals surface area contributed by atoms with Crippen molar-refractivity contribution in [3.63, 3.8) is 0 Å². The zero-order valence-corrected chi connectivity index (χ0v) is 16.0. The summed E-state index contributed by atoms with van der Waals surface area (Å²) in [7, 11) is -3.48. The highest BCUT2D eigenvalue weighted by atomic mass is 32.2. The zero-order valence-electron chi connectivity index (χ0n) is 15.2. The molecule has 1 aromatic carbocycles. The minimum Gasteiger partial charge on any atom is -0.366 e. The fourth-order valence-electron chi connectivity index (χ4n) is 3.04. The first-order valence-corrected chi connectivity index (χ1v) is 10.4. The number of hydrogen-bond acceptors (Lipinski definition) is 7. The molecule has 2 heterocycles. The zero-order chi connectivity index (χ0) is 19.6. The van der Waals surface area contributed by atoms with Crippen molar-refractivity contribution in [2.75, 3.05) is 12.8 Å². The number of sulfonamides is 1. The van der Waals surface area contributed by atoms with Crippen LogP contribution >= 0.6 is 0 Å². The second kappa shape index (κ2) is 7.75. The number of aryl methyl sites for hydroxylation is 1. The van der Waals surface area contributed by atoms with Gasteiger partial charge in [-0.2, -0.15) is 9.29 Å². The molecule has 27 heavy (non-hydrogen) atoms. The molecule has 9 nitrogen and oxygen atoms in total. The summed E-state index contributed by atoms with van der Waals surface area (Å²) in [5, 5.41) is 3.75. The fourth-order valence-corrected chi connectivity index (χ4v) is 3.86. The monoisotopic (exact) mass is 394 g/mol.